The normalized spacial score (nSPS) is 16.3. The molecule has 2 aliphatic carbocycles. The highest BCUT2D eigenvalue weighted by atomic mass is 19.3. The van der Waals surface area contributed by atoms with Crippen LogP contribution in [0.3, 0.4) is 0 Å². The average Bonchev–Trinajstić information content (AvgIpc) is 3.80. The molecule has 0 radical (unpaired) electrons. The Hall–Kier alpha value is -3.63. The molecule has 0 aliphatic heterocycles. The number of hydrogen-bond donors (Lipinski definition) is 3. The van der Waals surface area contributed by atoms with E-state index in [1.54, 1.807) is 30.8 Å². The molecule has 3 aromatic rings. The Morgan fingerprint density at radius 3 is 2.32 bits per heavy atom. The number of halogens is 2. The molecule has 3 aromatic heterocycles. The van der Waals surface area contributed by atoms with Crippen LogP contribution in [0.25, 0.3) is 11.1 Å². The lowest BCUT2D eigenvalue weighted by atomic mass is 9.88. The number of nitrogens with one attached hydrogen (secondary N) is 3. The summed E-state index contributed by atoms with van der Waals surface area (Å²) in [5.74, 6) is -0.122. The molecule has 1 atom stereocenters. The third kappa shape index (κ3) is 5.19. The molecule has 38 heavy (non-hydrogen) atoms. The van der Waals surface area contributed by atoms with Gasteiger partial charge >= 0.3 is 0 Å². The summed E-state index contributed by atoms with van der Waals surface area (Å²) in [5.41, 5.74) is 2.02. The van der Waals surface area contributed by atoms with Gasteiger partial charge in [-0.25, -0.2) is 13.8 Å². The maximum Gasteiger partial charge on any atom is 0.281 e. The number of carbonyl (C=O) groups is 2. The Kier molecular flexibility index (Phi) is 7.02. The molecule has 9 nitrogen and oxygen atoms in total. The Labute approximate surface area is 219 Å². The monoisotopic (exact) mass is 525 g/mol. The second-order valence-corrected chi connectivity index (χ2v) is 10.7. The van der Waals surface area contributed by atoms with Gasteiger partial charge in [0.15, 0.2) is 0 Å². The predicted octanol–water partition coefficient (Wildman–Crippen LogP) is 4.98. The average molecular weight is 526 g/mol. The Bertz CT molecular complexity index is 1310. The first-order valence-electron chi connectivity index (χ1n) is 13.1. The third-order valence-electron chi connectivity index (χ3n) is 7.46. The summed E-state index contributed by atoms with van der Waals surface area (Å²) in [7, 11) is 0. The van der Waals surface area contributed by atoms with Gasteiger partial charge in [-0.2, -0.15) is 10.2 Å². The molecule has 0 bridgehead atoms. The van der Waals surface area contributed by atoms with E-state index >= 15 is 0 Å². The molecule has 0 spiro atoms. The number of aryl methyl sites for hydroxylation is 2. The van der Waals surface area contributed by atoms with Crippen molar-refractivity contribution in [3.05, 3.63) is 47.2 Å². The highest BCUT2D eigenvalue weighted by Gasteiger charge is 2.48. The van der Waals surface area contributed by atoms with E-state index in [1.807, 2.05) is 13.8 Å². The molecule has 2 saturated carbocycles. The van der Waals surface area contributed by atoms with Crippen LogP contribution in [-0.4, -0.2) is 42.8 Å². The van der Waals surface area contributed by atoms with E-state index in [9.17, 15) is 18.4 Å². The van der Waals surface area contributed by atoms with E-state index in [2.05, 4.69) is 30.9 Å². The number of nitrogens with zero attached hydrogens (tertiary/aromatic N) is 4. The maximum absolute atomic E-state index is 14.1. The Balaban J connectivity index is 1.43. The molecular weight excluding hydrogens is 492 g/mol. The van der Waals surface area contributed by atoms with Crippen molar-refractivity contribution in [2.45, 2.75) is 71.9 Å². The predicted molar refractivity (Wildman–Crippen MR) is 138 cm³/mol. The van der Waals surface area contributed by atoms with Crippen LogP contribution < -0.4 is 10.6 Å². The smallest absolute Gasteiger partial charge is 0.281 e. The van der Waals surface area contributed by atoms with Crippen molar-refractivity contribution in [1.29, 1.82) is 0 Å². The van der Waals surface area contributed by atoms with Crippen molar-refractivity contribution >= 4 is 17.6 Å². The highest BCUT2D eigenvalue weighted by molar-refractivity contribution is 6.00. The lowest BCUT2D eigenvalue weighted by Gasteiger charge is -2.27. The number of alkyl halides is 2. The van der Waals surface area contributed by atoms with Gasteiger partial charge in [0, 0.05) is 29.1 Å². The quantitative estimate of drug-likeness (QED) is 0.345. The summed E-state index contributed by atoms with van der Waals surface area (Å²) in [4.78, 5) is 31.1. The van der Waals surface area contributed by atoms with Crippen LogP contribution in [0.1, 0.15) is 79.6 Å². The third-order valence-corrected chi connectivity index (χ3v) is 7.46. The molecule has 2 aliphatic rings. The minimum absolute atomic E-state index is 0.0144. The van der Waals surface area contributed by atoms with Crippen LogP contribution in [0, 0.1) is 31.6 Å². The molecule has 3 heterocycles. The number of hydrogen-bond acceptors (Lipinski definition) is 5. The number of rotatable bonds is 10. The zero-order valence-corrected chi connectivity index (χ0v) is 22.0. The molecule has 11 heteroatoms. The standard InChI is InChI=1S/C27H33F2N7O2/c1-13(2)36-19(11-12-30-36)26(37)33-24(22(16-5-6-16)17-7-8-17)27(38)32-20-10-9-18(23(31-20)25(28)29)21-14(3)34-35-15(21)4/h9-13,16-17,22,24-25H,5-8H2,1-4H3,(H,33,37)(H,34,35)(H,31,32,38)/t24-/m0/s1. The van der Waals surface area contributed by atoms with E-state index in [0.717, 1.165) is 25.7 Å². The fourth-order valence-electron chi connectivity index (χ4n) is 5.42. The van der Waals surface area contributed by atoms with Gasteiger partial charge in [0.1, 0.15) is 23.2 Å². The van der Waals surface area contributed by atoms with E-state index < -0.39 is 24.1 Å². The van der Waals surface area contributed by atoms with Crippen LogP contribution in [0.15, 0.2) is 24.4 Å². The van der Waals surface area contributed by atoms with E-state index in [4.69, 9.17) is 0 Å². The maximum atomic E-state index is 14.1. The topological polar surface area (TPSA) is 118 Å². The van der Waals surface area contributed by atoms with Crippen LogP contribution in [-0.2, 0) is 4.79 Å². The van der Waals surface area contributed by atoms with Crippen molar-refractivity contribution in [3.8, 4) is 11.1 Å². The lowest BCUT2D eigenvalue weighted by molar-refractivity contribution is -0.119. The minimum Gasteiger partial charge on any atom is -0.339 e. The summed E-state index contributed by atoms with van der Waals surface area (Å²) in [6.45, 7) is 7.34. The molecule has 0 unspecified atom stereocenters. The van der Waals surface area contributed by atoms with Gasteiger partial charge in [0.05, 0.1) is 5.69 Å². The molecule has 2 fully saturated rings. The van der Waals surface area contributed by atoms with Crippen LogP contribution in [0.2, 0.25) is 0 Å². The summed E-state index contributed by atoms with van der Waals surface area (Å²) in [5, 5.41) is 16.8. The van der Waals surface area contributed by atoms with Gasteiger partial charge < -0.3 is 10.6 Å². The van der Waals surface area contributed by atoms with Crippen molar-refractivity contribution in [2.75, 3.05) is 5.32 Å². The summed E-state index contributed by atoms with van der Waals surface area (Å²) >= 11 is 0. The van der Waals surface area contributed by atoms with Crippen molar-refractivity contribution in [2.24, 2.45) is 17.8 Å². The molecule has 202 valence electrons. The molecule has 2 amide bonds. The van der Waals surface area contributed by atoms with Crippen LogP contribution in [0.4, 0.5) is 14.6 Å². The van der Waals surface area contributed by atoms with Crippen molar-refractivity contribution in [1.82, 2.24) is 30.3 Å². The Morgan fingerprint density at radius 1 is 1.08 bits per heavy atom. The van der Waals surface area contributed by atoms with E-state index in [1.165, 1.54) is 12.1 Å². The number of H-pyrrole nitrogens is 1. The number of amides is 2. The first kappa shape index (κ1) is 26.0. The number of anilines is 1. The zero-order valence-electron chi connectivity index (χ0n) is 22.0. The van der Waals surface area contributed by atoms with E-state index in [-0.39, 0.29) is 29.2 Å². The van der Waals surface area contributed by atoms with Gasteiger partial charge in [-0.1, -0.05) is 0 Å². The van der Waals surface area contributed by atoms with Gasteiger partial charge in [0.25, 0.3) is 12.3 Å². The number of carbonyl (C=O) groups excluding carboxylic acids is 2. The number of aromatic nitrogens is 5. The first-order chi connectivity index (χ1) is 18.2. The number of aromatic amines is 1. The van der Waals surface area contributed by atoms with Gasteiger partial charge in [-0.05, 0) is 89.3 Å². The second-order valence-electron chi connectivity index (χ2n) is 10.7. The first-order valence-corrected chi connectivity index (χ1v) is 13.1. The van der Waals surface area contributed by atoms with Crippen LogP contribution >= 0.6 is 0 Å². The Morgan fingerprint density at radius 2 is 1.76 bits per heavy atom. The summed E-state index contributed by atoms with van der Waals surface area (Å²) < 4.78 is 29.8. The second kappa shape index (κ2) is 10.3. The number of pyridine rings is 1. The fourth-order valence-corrected chi connectivity index (χ4v) is 5.42. The van der Waals surface area contributed by atoms with Crippen LogP contribution in [0.5, 0.6) is 0 Å². The molecular formula is C27H33F2N7O2. The summed E-state index contributed by atoms with van der Waals surface area (Å²) in [6.07, 6.45) is 2.75. The minimum atomic E-state index is -2.85. The molecule has 5 rings (SSSR count). The fraction of sp³-hybridized carbons (Fsp3) is 0.519. The van der Waals surface area contributed by atoms with Gasteiger partial charge in [0.2, 0.25) is 5.91 Å². The zero-order chi connectivity index (χ0) is 27.1. The summed E-state index contributed by atoms with van der Waals surface area (Å²) in [6, 6.07) is 3.83. The van der Waals surface area contributed by atoms with Gasteiger partial charge in [-0.15, -0.1) is 0 Å². The van der Waals surface area contributed by atoms with Crippen molar-refractivity contribution < 1.29 is 18.4 Å². The SMILES string of the molecule is Cc1n[nH]c(C)c1-c1ccc(NC(=O)[C@@H](NC(=O)c2ccnn2C(C)C)C(C2CC2)C2CC2)nc1C(F)F. The lowest BCUT2D eigenvalue weighted by Crippen LogP contribution is -2.50. The van der Waals surface area contributed by atoms with Crippen molar-refractivity contribution in [3.63, 3.8) is 0 Å². The molecule has 3 N–H and O–H groups in total. The van der Waals surface area contributed by atoms with E-state index in [0.29, 0.717) is 34.5 Å². The van der Waals surface area contributed by atoms with Gasteiger partial charge in [-0.3, -0.25) is 19.4 Å². The largest absolute Gasteiger partial charge is 0.339 e. The highest BCUT2D eigenvalue weighted by Crippen LogP contribution is 2.51. The molecule has 0 saturated heterocycles. The molecule has 0 aromatic carbocycles.